The molecule has 3 nitrogen and oxygen atoms in total. The smallest absolute Gasteiger partial charge is 0.407 e. The molecule has 0 saturated heterocycles. The Morgan fingerprint density at radius 1 is 1.21 bits per heavy atom. The molecule has 0 aromatic heterocycles. The maximum atomic E-state index is 11.3. The van der Waals surface area contributed by atoms with Crippen molar-refractivity contribution < 1.29 is 9.53 Å². The van der Waals surface area contributed by atoms with E-state index in [1.807, 2.05) is 6.08 Å². The average Bonchev–Trinajstić information content (AvgIpc) is 3.13. The SMILES string of the molecule is CCC/C(C)=C/CC/C(C)=C/COC(=O)NC1CC1. The van der Waals surface area contributed by atoms with E-state index < -0.39 is 0 Å². The third kappa shape index (κ3) is 8.46. The van der Waals surface area contributed by atoms with Gasteiger partial charge in [0.2, 0.25) is 0 Å². The van der Waals surface area contributed by atoms with Crippen LogP contribution in [0.15, 0.2) is 23.3 Å². The highest BCUT2D eigenvalue weighted by atomic mass is 16.5. The maximum absolute atomic E-state index is 11.3. The van der Waals surface area contributed by atoms with Crippen LogP contribution in [0.4, 0.5) is 4.79 Å². The van der Waals surface area contributed by atoms with Crippen LogP contribution in [0.5, 0.6) is 0 Å². The molecule has 1 fully saturated rings. The Morgan fingerprint density at radius 2 is 1.89 bits per heavy atom. The summed E-state index contributed by atoms with van der Waals surface area (Å²) in [6, 6.07) is 0.365. The molecule has 0 atom stereocenters. The van der Waals surface area contributed by atoms with Crippen molar-refractivity contribution in [3.63, 3.8) is 0 Å². The monoisotopic (exact) mass is 265 g/mol. The van der Waals surface area contributed by atoms with Crippen LogP contribution in [0, 0.1) is 0 Å². The predicted octanol–water partition coefficient (Wildman–Crippen LogP) is 4.35. The lowest BCUT2D eigenvalue weighted by molar-refractivity contribution is 0.157. The largest absolute Gasteiger partial charge is 0.445 e. The molecule has 1 rings (SSSR count). The van der Waals surface area contributed by atoms with Gasteiger partial charge in [0.1, 0.15) is 6.61 Å². The molecule has 108 valence electrons. The second-order valence-electron chi connectivity index (χ2n) is 5.41. The molecular weight excluding hydrogens is 238 g/mol. The van der Waals surface area contributed by atoms with Crippen molar-refractivity contribution in [2.45, 2.75) is 65.3 Å². The molecule has 1 saturated carbocycles. The molecule has 19 heavy (non-hydrogen) atoms. The fraction of sp³-hybridized carbons (Fsp3) is 0.688. The summed E-state index contributed by atoms with van der Waals surface area (Å²) in [6.45, 7) is 6.85. The number of allylic oxidation sites excluding steroid dienone is 3. The van der Waals surface area contributed by atoms with Crippen LogP contribution >= 0.6 is 0 Å². The summed E-state index contributed by atoms with van der Waals surface area (Å²) < 4.78 is 5.09. The van der Waals surface area contributed by atoms with Crippen LogP contribution in [-0.4, -0.2) is 18.7 Å². The van der Waals surface area contributed by atoms with Gasteiger partial charge in [0.25, 0.3) is 0 Å². The number of rotatable bonds is 8. The van der Waals surface area contributed by atoms with Crippen LogP contribution in [-0.2, 0) is 4.74 Å². The van der Waals surface area contributed by atoms with Crippen LogP contribution in [0.25, 0.3) is 0 Å². The third-order valence-corrected chi connectivity index (χ3v) is 3.22. The Labute approximate surface area is 117 Å². The van der Waals surface area contributed by atoms with E-state index in [9.17, 15) is 4.79 Å². The van der Waals surface area contributed by atoms with E-state index in [4.69, 9.17) is 4.74 Å². The number of carbonyl (C=O) groups excluding carboxylic acids is 1. The second kappa shape index (κ2) is 8.78. The highest BCUT2D eigenvalue weighted by molar-refractivity contribution is 5.68. The van der Waals surface area contributed by atoms with Crippen molar-refractivity contribution in [2.75, 3.05) is 6.61 Å². The first-order chi connectivity index (χ1) is 9.11. The number of hydrogen-bond donors (Lipinski definition) is 1. The maximum Gasteiger partial charge on any atom is 0.407 e. The van der Waals surface area contributed by atoms with E-state index in [1.54, 1.807) is 0 Å². The van der Waals surface area contributed by atoms with Crippen LogP contribution in [0.2, 0.25) is 0 Å². The van der Waals surface area contributed by atoms with Gasteiger partial charge in [-0.15, -0.1) is 0 Å². The zero-order valence-electron chi connectivity index (χ0n) is 12.5. The summed E-state index contributed by atoms with van der Waals surface area (Å²) in [4.78, 5) is 11.3. The lowest BCUT2D eigenvalue weighted by Crippen LogP contribution is -2.26. The third-order valence-electron chi connectivity index (χ3n) is 3.22. The van der Waals surface area contributed by atoms with Gasteiger partial charge in [-0.05, 0) is 52.0 Å². The fourth-order valence-electron chi connectivity index (χ4n) is 1.84. The van der Waals surface area contributed by atoms with Gasteiger partial charge in [-0.1, -0.05) is 30.6 Å². The molecule has 1 aliphatic carbocycles. The lowest BCUT2D eigenvalue weighted by atomic mass is 10.1. The highest BCUT2D eigenvalue weighted by Crippen LogP contribution is 2.18. The Bertz CT molecular complexity index is 341. The van der Waals surface area contributed by atoms with Gasteiger partial charge >= 0.3 is 6.09 Å². The van der Waals surface area contributed by atoms with Gasteiger partial charge in [-0.2, -0.15) is 0 Å². The zero-order chi connectivity index (χ0) is 14.1. The minimum absolute atomic E-state index is 0.287. The normalized spacial score (nSPS) is 16.4. The van der Waals surface area contributed by atoms with Gasteiger partial charge in [0.15, 0.2) is 0 Å². The molecule has 0 radical (unpaired) electrons. The molecule has 1 N–H and O–H groups in total. The Morgan fingerprint density at radius 3 is 2.53 bits per heavy atom. The van der Waals surface area contributed by atoms with Gasteiger partial charge in [0, 0.05) is 6.04 Å². The van der Waals surface area contributed by atoms with Crippen molar-refractivity contribution in [1.82, 2.24) is 5.32 Å². The van der Waals surface area contributed by atoms with Crippen molar-refractivity contribution in [2.24, 2.45) is 0 Å². The standard InChI is InChI=1S/C16H27NO2/c1-4-6-13(2)7-5-8-14(3)11-12-19-16(18)17-15-9-10-15/h7,11,15H,4-6,8-10,12H2,1-3H3,(H,17,18)/b13-7+,14-11+. The molecular formula is C16H27NO2. The molecule has 3 heteroatoms. The quantitative estimate of drug-likeness (QED) is 0.663. The number of amides is 1. The second-order valence-corrected chi connectivity index (χ2v) is 5.41. The summed E-state index contributed by atoms with van der Waals surface area (Å²) in [5.41, 5.74) is 2.75. The van der Waals surface area contributed by atoms with E-state index in [0.29, 0.717) is 12.6 Å². The summed E-state index contributed by atoms with van der Waals surface area (Å²) in [7, 11) is 0. The summed E-state index contributed by atoms with van der Waals surface area (Å²) in [5.74, 6) is 0. The summed E-state index contributed by atoms with van der Waals surface area (Å²) in [5, 5.41) is 2.80. The molecule has 0 heterocycles. The van der Waals surface area contributed by atoms with E-state index in [2.05, 4.69) is 32.2 Å². The van der Waals surface area contributed by atoms with Gasteiger partial charge < -0.3 is 10.1 Å². The number of hydrogen-bond acceptors (Lipinski definition) is 2. The van der Waals surface area contributed by atoms with Crippen LogP contribution in [0.3, 0.4) is 0 Å². The Balaban J connectivity index is 2.10. The molecule has 1 aliphatic rings. The average molecular weight is 265 g/mol. The first-order valence-electron chi connectivity index (χ1n) is 7.36. The number of alkyl carbamates (subject to hydrolysis) is 1. The van der Waals surface area contributed by atoms with Crippen molar-refractivity contribution in [1.29, 1.82) is 0 Å². The highest BCUT2D eigenvalue weighted by Gasteiger charge is 2.23. The predicted molar refractivity (Wildman–Crippen MR) is 79.2 cm³/mol. The first-order valence-corrected chi connectivity index (χ1v) is 7.36. The fourth-order valence-corrected chi connectivity index (χ4v) is 1.84. The molecule has 0 aromatic carbocycles. The minimum atomic E-state index is -0.287. The number of nitrogens with one attached hydrogen (secondary N) is 1. The number of ether oxygens (including phenoxy) is 1. The molecule has 0 aromatic rings. The Hall–Kier alpha value is -1.25. The minimum Gasteiger partial charge on any atom is -0.445 e. The van der Waals surface area contributed by atoms with Crippen LogP contribution < -0.4 is 5.32 Å². The van der Waals surface area contributed by atoms with Crippen LogP contribution in [0.1, 0.15) is 59.3 Å². The van der Waals surface area contributed by atoms with Crippen molar-refractivity contribution in [3.05, 3.63) is 23.3 Å². The number of carbonyl (C=O) groups is 1. The Kier molecular flexibility index (Phi) is 7.31. The molecule has 0 spiro atoms. The van der Waals surface area contributed by atoms with Crippen molar-refractivity contribution in [3.8, 4) is 0 Å². The van der Waals surface area contributed by atoms with Gasteiger partial charge in [0.05, 0.1) is 0 Å². The molecule has 0 aliphatic heterocycles. The van der Waals surface area contributed by atoms with E-state index in [-0.39, 0.29) is 6.09 Å². The molecule has 0 unspecified atom stereocenters. The zero-order valence-corrected chi connectivity index (χ0v) is 12.5. The summed E-state index contributed by atoms with van der Waals surface area (Å²) >= 11 is 0. The molecule has 0 bridgehead atoms. The van der Waals surface area contributed by atoms with Gasteiger partial charge in [-0.25, -0.2) is 4.79 Å². The molecule has 1 amide bonds. The van der Waals surface area contributed by atoms with E-state index in [0.717, 1.165) is 25.7 Å². The topological polar surface area (TPSA) is 38.3 Å². The lowest BCUT2D eigenvalue weighted by Gasteiger charge is -2.04. The van der Waals surface area contributed by atoms with Gasteiger partial charge in [-0.3, -0.25) is 0 Å². The van der Waals surface area contributed by atoms with Crippen molar-refractivity contribution >= 4 is 6.09 Å². The van der Waals surface area contributed by atoms with E-state index in [1.165, 1.54) is 24.0 Å². The van der Waals surface area contributed by atoms with E-state index >= 15 is 0 Å². The summed E-state index contributed by atoms with van der Waals surface area (Å²) in [6.07, 6.45) is 10.7. The first kappa shape index (κ1) is 15.8.